The van der Waals surface area contributed by atoms with Crippen LogP contribution in [0.4, 0.5) is 0 Å². The van der Waals surface area contributed by atoms with Gasteiger partial charge in [0.05, 0.1) is 17.0 Å². The largest absolute Gasteiger partial charge is 0.377 e. The molecule has 1 rings (SSSR count). The Morgan fingerprint density at radius 1 is 1.42 bits per heavy atom. The molecule has 0 aliphatic rings. The van der Waals surface area contributed by atoms with Crippen LogP contribution in [0.15, 0.2) is 4.90 Å². The number of rotatable bonds is 7. The summed E-state index contributed by atoms with van der Waals surface area (Å²) in [7, 11) is -0.324. The molecular weight excluding hydrogens is 268 g/mol. The highest BCUT2D eigenvalue weighted by Crippen LogP contribution is 2.18. The molecule has 0 radical (unpaired) electrons. The highest BCUT2D eigenvalue weighted by molar-refractivity contribution is 7.89. The third-order valence-corrected chi connectivity index (χ3v) is 4.42. The van der Waals surface area contributed by atoms with Crippen molar-refractivity contribution in [2.75, 3.05) is 20.7 Å². The van der Waals surface area contributed by atoms with Gasteiger partial charge in [-0.3, -0.25) is 5.10 Å². The zero-order valence-corrected chi connectivity index (χ0v) is 12.8. The standard InChI is InChI=1S/C11H22N4O3S/c1-8-10(9(6-12-4)15-14-8)19(16,17)13-7-11(2,3)18-5/h12-13H,6-7H2,1-5H3,(H,14,15). The number of hydrogen-bond acceptors (Lipinski definition) is 5. The molecule has 1 aromatic heterocycles. The number of aromatic nitrogens is 2. The quantitative estimate of drug-likeness (QED) is 0.664. The van der Waals surface area contributed by atoms with Crippen molar-refractivity contribution in [3.8, 4) is 0 Å². The topological polar surface area (TPSA) is 96.1 Å². The molecule has 0 aliphatic carbocycles. The molecule has 19 heavy (non-hydrogen) atoms. The molecule has 3 N–H and O–H groups in total. The first-order valence-corrected chi connectivity index (χ1v) is 7.45. The van der Waals surface area contributed by atoms with Gasteiger partial charge in [-0.25, -0.2) is 13.1 Å². The van der Waals surface area contributed by atoms with Gasteiger partial charge in [-0.2, -0.15) is 5.10 Å². The number of aromatic amines is 1. The Labute approximate surface area is 114 Å². The van der Waals surface area contributed by atoms with Gasteiger partial charge in [0.25, 0.3) is 0 Å². The van der Waals surface area contributed by atoms with Crippen molar-refractivity contribution in [2.24, 2.45) is 0 Å². The number of H-pyrrole nitrogens is 1. The number of nitrogens with one attached hydrogen (secondary N) is 3. The summed E-state index contributed by atoms with van der Waals surface area (Å²) in [6.45, 7) is 5.88. The number of aryl methyl sites for hydroxylation is 1. The van der Waals surface area contributed by atoms with Gasteiger partial charge < -0.3 is 10.1 Å². The van der Waals surface area contributed by atoms with Crippen LogP contribution >= 0.6 is 0 Å². The normalized spacial score (nSPS) is 12.9. The highest BCUT2D eigenvalue weighted by Gasteiger charge is 2.26. The Morgan fingerprint density at radius 2 is 2.05 bits per heavy atom. The van der Waals surface area contributed by atoms with E-state index in [1.54, 1.807) is 21.1 Å². The summed E-state index contributed by atoms with van der Waals surface area (Å²) in [6, 6.07) is 0. The number of hydrogen-bond donors (Lipinski definition) is 3. The Balaban J connectivity index is 2.97. The minimum atomic E-state index is -3.61. The zero-order valence-electron chi connectivity index (χ0n) is 12.0. The molecular formula is C11H22N4O3S. The number of ether oxygens (including phenoxy) is 1. The second-order valence-electron chi connectivity index (χ2n) is 4.94. The Morgan fingerprint density at radius 3 is 2.58 bits per heavy atom. The smallest absolute Gasteiger partial charge is 0.244 e. The lowest BCUT2D eigenvalue weighted by atomic mass is 10.1. The van der Waals surface area contributed by atoms with Crippen LogP contribution in [0.3, 0.4) is 0 Å². The number of nitrogens with zero attached hydrogens (tertiary/aromatic N) is 1. The SMILES string of the molecule is CNCc1n[nH]c(C)c1S(=O)(=O)NCC(C)(C)OC. The second kappa shape index (κ2) is 6.00. The fourth-order valence-corrected chi connectivity index (χ4v) is 3.09. The van der Waals surface area contributed by atoms with E-state index >= 15 is 0 Å². The molecule has 8 heteroatoms. The first-order valence-electron chi connectivity index (χ1n) is 5.97. The Bertz CT molecular complexity index is 522. The molecule has 0 aliphatic heterocycles. The van der Waals surface area contributed by atoms with Gasteiger partial charge in [-0.1, -0.05) is 0 Å². The molecule has 0 aromatic carbocycles. The summed E-state index contributed by atoms with van der Waals surface area (Å²) in [6.07, 6.45) is 0. The van der Waals surface area contributed by atoms with Gasteiger partial charge >= 0.3 is 0 Å². The van der Waals surface area contributed by atoms with Crippen molar-refractivity contribution in [1.29, 1.82) is 0 Å². The van der Waals surface area contributed by atoms with E-state index < -0.39 is 15.6 Å². The molecule has 110 valence electrons. The summed E-state index contributed by atoms with van der Waals surface area (Å²) in [5.74, 6) is 0. The maximum Gasteiger partial charge on any atom is 0.244 e. The molecule has 0 saturated carbocycles. The van der Waals surface area contributed by atoms with Crippen LogP contribution in [0.2, 0.25) is 0 Å². The minimum absolute atomic E-state index is 0.190. The van der Waals surface area contributed by atoms with Gasteiger partial charge in [0.1, 0.15) is 4.90 Å². The van der Waals surface area contributed by atoms with Crippen LogP contribution in [0, 0.1) is 6.92 Å². The molecule has 1 aromatic rings. The van der Waals surface area contributed by atoms with E-state index in [2.05, 4.69) is 20.2 Å². The van der Waals surface area contributed by atoms with Gasteiger partial charge in [0.15, 0.2) is 0 Å². The van der Waals surface area contributed by atoms with Gasteiger partial charge in [0, 0.05) is 20.2 Å². The first kappa shape index (κ1) is 16.1. The summed E-state index contributed by atoms with van der Waals surface area (Å²) in [4.78, 5) is 0.203. The lowest BCUT2D eigenvalue weighted by Crippen LogP contribution is -2.40. The van der Waals surface area contributed by atoms with Gasteiger partial charge in [-0.15, -0.1) is 0 Å². The third-order valence-electron chi connectivity index (χ3n) is 2.81. The molecule has 0 fully saturated rings. The van der Waals surface area contributed by atoms with Gasteiger partial charge in [-0.05, 0) is 27.8 Å². The van der Waals surface area contributed by atoms with Crippen molar-refractivity contribution >= 4 is 10.0 Å². The predicted octanol–water partition coefficient (Wildman–Crippen LogP) is 0.141. The molecule has 7 nitrogen and oxygen atoms in total. The van der Waals surface area contributed by atoms with Crippen molar-refractivity contribution in [1.82, 2.24) is 20.2 Å². The number of sulfonamides is 1. The maximum atomic E-state index is 12.3. The van der Waals surface area contributed by atoms with Crippen LogP contribution in [0.25, 0.3) is 0 Å². The minimum Gasteiger partial charge on any atom is -0.377 e. The van der Waals surface area contributed by atoms with Crippen LogP contribution < -0.4 is 10.0 Å². The van der Waals surface area contributed by atoms with Crippen molar-refractivity contribution < 1.29 is 13.2 Å². The third kappa shape index (κ3) is 4.00. The van der Waals surface area contributed by atoms with E-state index in [9.17, 15) is 8.42 Å². The van der Waals surface area contributed by atoms with Crippen molar-refractivity contribution in [2.45, 2.75) is 37.8 Å². The molecule has 0 spiro atoms. The van der Waals surface area contributed by atoms with Crippen LogP contribution in [0.5, 0.6) is 0 Å². The molecule has 0 saturated heterocycles. The highest BCUT2D eigenvalue weighted by atomic mass is 32.2. The Kier molecular flexibility index (Phi) is 5.08. The molecule has 0 bridgehead atoms. The zero-order chi connectivity index (χ0) is 14.7. The van der Waals surface area contributed by atoms with Crippen molar-refractivity contribution in [3.05, 3.63) is 11.4 Å². The molecule has 0 unspecified atom stereocenters. The summed E-state index contributed by atoms with van der Waals surface area (Å²) >= 11 is 0. The summed E-state index contributed by atoms with van der Waals surface area (Å²) in [5.41, 5.74) is 0.434. The monoisotopic (exact) mass is 290 g/mol. The Hall–Kier alpha value is -0.960. The van der Waals surface area contributed by atoms with E-state index in [0.717, 1.165) is 0 Å². The van der Waals surface area contributed by atoms with Crippen LogP contribution in [-0.4, -0.2) is 44.9 Å². The fourth-order valence-electron chi connectivity index (χ4n) is 1.53. The average molecular weight is 290 g/mol. The predicted molar refractivity (Wildman–Crippen MR) is 72.4 cm³/mol. The first-order chi connectivity index (χ1) is 8.73. The van der Waals surface area contributed by atoms with Crippen LogP contribution in [-0.2, 0) is 21.3 Å². The van der Waals surface area contributed by atoms with Crippen LogP contribution in [0.1, 0.15) is 25.2 Å². The lowest BCUT2D eigenvalue weighted by molar-refractivity contribution is 0.0276. The molecule has 0 amide bonds. The maximum absolute atomic E-state index is 12.3. The summed E-state index contributed by atoms with van der Waals surface area (Å²) < 4.78 is 32.4. The lowest BCUT2D eigenvalue weighted by Gasteiger charge is -2.23. The van der Waals surface area contributed by atoms with E-state index in [4.69, 9.17) is 4.74 Å². The average Bonchev–Trinajstić information content (AvgIpc) is 2.70. The summed E-state index contributed by atoms with van der Waals surface area (Å²) in [5, 5.41) is 9.59. The van der Waals surface area contributed by atoms with E-state index in [1.165, 1.54) is 0 Å². The molecule has 1 heterocycles. The fraction of sp³-hybridized carbons (Fsp3) is 0.727. The number of methoxy groups -OCH3 is 1. The van der Waals surface area contributed by atoms with Gasteiger partial charge in [0.2, 0.25) is 10.0 Å². The van der Waals surface area contributed by atoms with E-state index in [0.29, 0.717) is 17.9 Å². The molecule has 0 atom stereocenters. The second-order valence-corrected chi connectivity index (χ2v) is 6.65. The van der Waals surface area contributed by atoms with E-state index in [1.807, 2.05) is 13.8 Å². The van der Waals surface area contributed by atoms with E-state index in [-0.39, 0.29) is 11.4 Å². The van der Waals surface area contributed by atoms with Crippen molar-refractivity contribution in [3.63, 3.8) is 0 Å².